The monoisotopic (exact) mass is 272 g/mol. The molecule has 0 spiro atoms. The van der Waals surface area contributed by atoms with Crippen LogP contribution in [0.5, 0.6) is 0 Å². The molecule has 0 aromatic carbocycles. The molecule has 0 amide bonds. The Labute approximate surface area is 114 Å². The fourth-order valence-corrected chi connectivity index (χ4v) is 1.68. The molecule has 1 atom stereocenters. The third kappa shape index (κ3) is 7.59. The molecular weight excluding hydrogens is 248 g/mol. The number of Topliss-reactive ketones (excluding diaryl/α,β-unsaturated/α-hetero) is 1. The summed E-state index contributed by atoms with van der Waals surface area (Å²) in [5.41, 5.74) is 0. The highest BCUT2D eigenvalue weighted by atomic mass is 16.5. The summed E-state index contributed by atoms with van der Waals surface area (Å²) in [6.45, 7) is 5.81. The Bertz CT molecular complexity index is 298. The Hall–Kier alpha value is -1.39. The number of esters is 2. The Morgan fingerprint density at radius 1 is 0.947 bits per heavy atom. The van der Waals surface area contributed by atoms with Crippen LogP contribution in [-0.4, -0.2) is 30.9 Å². The van der Waals surface area contributed by atoms with Gasteiger partial charge in [-0.15, -0.1) is 0 Å². The van der Waals surface area contributed by atoms with Crippen molar-refractivity contribution in [3.8, 4) is 0 Å². The Kier molecular flexibility index (Phi) is 9.75. The van der Waals surface area contributed by atoms with Gasteiger partial charge in [-0.3, -0.25) is 14.4 Å². The Balaban J connectivity index is 4.51. The summed E-state index contributed by atoms with van der Waals surface area (Å²) in [5, 5.41) is 0. The van der Waals surface area contributed by atoms with Crippen LogP contribution in [0.1, 0.15) is 52.9 Å². The van der Waals surface area contributed by atoms with Crippen LogP contribution in [0.2, 0.25) is 0 Å². The van der Waals surface area contributed by atoms with E-state index in [9.17, 15) is 14.4 Å². The van der Waals surface area contributed by atoms with Crippen LogP contribution in [0, 0.1) is 5.92 Å². The molecule has 0 saturated carbocycles. The van der Waals surface area contributed by atoms with Gasteiger partial charge in [-0.2, -0.15) is 0 Å². The molecule has 0 aromatic rings. The maximum atomic E-state index is 12.0. The summed E-state index contributed by atoms with van der Waals surface area (Å²) in [5.74, 6) is -2.42. The maximum absolute atomic E-state index is 12.0. The van der Waals surface area contributed by atoms with E-state index >= 15 is 0 Å². The smallest absolute Gasteiger partial charge is 0.317 e. The van der Waals surface area contributed by atoms with Crippen molar-refractivity contribution in [2.45, 2.75) is 52.9 Å². The molecular formula is C14H24O5. The van der Waals surface area contributed by atoms with E-state index in [2.05, 4.69) is 0 Å². The quantitative estimate of drug-likeness (QED) is 0.346. The maximum Gasteiger partial charge on any atom is 0.317 e. The lowest BCUT2D eigenvalue weighted by Gasteiger charge is -2.13. The molecule has 0 bridgehead atoms. The fraction of sp³-hybridized carbons (Fsp3) is 0.786. The molecule has 19 heavy (non-hydrogen) atoms. The summed E-state index contributed by atoms with van der Waals surface area (Å²) in [6.07, 6.45) is 2.73. The van der Waals surface area contributed by atoms with Crippen molar-refractivity contribution in [3.05, 3.63) is 0 Å². The molecule has 0 aromatic heterocycles. The fourth-order valence-electron chi connectivity index (χ4n) is 1.68. The third-order valence-corrected chi connectivity index (χ3v) is 2.66. The first-order valence-corrected chi connectivity index (χ1v) is 6.91. The molecule has 0 rings (SSSR count). The van der Waals surface area contributed by atoms with Crippen molar-refractivity contribution in [1.29, 1.82) is 0 Å². The number of ether oxygens (including phenoxy) is 2. The van der Waals surface area contributed by atoms with Crippen LogP contribution in [0.3, 0.4) is 0 Å². The van der Waals surface area contributed by atoms with Gasteiger partial charge in [0.25, 0.3) is 0 Å². The van der Waals surface area contributed by atoms with Gasteiger partial charge < -0.3 is 9.47 Å². The van der Waals surface area contributed by atoms with Gasteiger partial charge in [-0.1, -0.05) is 19.8 Å². The van der Waals surface area contributed by atoms with Gasteiger partial charge in [0.05, 0.1) is 19.6 Å². The van der Waals surface area contributed by atoms with E-state index in [1.54, 1.807) is 13.8 Å². The molecule has 5 heteroatoms. The minimum atomic E-state index is -1.02. The predicted molar refractivity (Wildman–Crippen MR) is 70.5 cm³/mol. The van der Waals surface area contributed by atoms with E-state index in [1.165, 1.54) is 0 Å². The zero-order valence-electron chi connectivity index (χ0n) is 12.1. The summed E-state index contributed by atoms with van der Waals surface area (Å²) in [7, 11) is 0. The average Bonchev–Trinajstić information content (AvgIpc) is 2.36. The first-order valence-electron chi connectivity index (χ1n) is 6.91. The zero-order chi connectivity index (χ0) is 14.7. The largest absolute Gasteiger partial charge is 0.466 e. The molecule has 110 valence electrons. The standard InChI is InChI=1S/C14H24O5/c1-4-7-8-9-12(15)11(14(17)19-6-3)10-13(16)18-5-2/h11H,4-10H2,1-3H3. The number of hydrogen-bond donors (Lipinski definition) is 0. The van der Waals surface area contributed by atoms with Gasteiger partial charge in [0.15, 0.2) is 0 Å². The van der Waals surface area contributed by atoms with Crippen LogP contribution < -0.4 is 0 Å². The number of carbonyl (C=O) groups is 3. The van der Waals surface area contributed by atoms with Gasteiger partial charge in [-0.25, -0.2) is 0 Å². The number of rotatable bonds is 10. The normalized spacial score (nSPS) is 11.7. The second-order valence-electron chi connectivity index (χ2n) is 4.24. The van der Waals surface area contributed by atoms with E-state index < -0.39 is 17.9 Å². The van der Waals surface area contributed by atoms with Gasteiger partial charge in [-0.05, 0) is 20.3 Å². The van der Waals surface area contributed by atoms with Crippen molar-refractivity contribution in [3.63, 3.8) is 0 Å². The summed E-state index contributed by atoms with van der Waals surface area (Å²) < 4.78 is 9.62. The number of carbonyl (C=O) groups excluding carboxylic acids is 3. The zero-order valence-corrected chi connectivity index (χ0v) is 12.1. The van der Waals surface area contributed by atoms with Crippen LogP contribution in [-0.2, 0) is 23.9 Å². The lowest BCUT2D eigenvalue weighted by Crippen LogP contribution is -2.29. The molecule has 0 saturated heterocycles. The summed E-state index contributed by atoms with van der Waals surface area (Å²) in [4.78, 5) is 35.1. The van der Waals surface area contributed by atoms with Crippen LogP contribution in [0.4, 0.5) is 0 Å². The average molecular weight is 272 g/mol. The first kappa shape index (κ1) is 17.6. The molecule has 1 unspecified atom stereocenters. The third-order valence-electron chi connectivity index (χ3n) is 2.66. The van der Waals surface area contributed by atoms with Gasteiger partial charge in [0.1, 0.15) is 11.7 Å². The van der Waals surface area contributed by atoms with Gasteiger partial charge >= 0.3 is 11.9 Å². The van der Waals surface area contributed by atoms with E-state index in [4.69, 9.17) is 9.47 Å². The molecule has 0 heterocycles. The van der Waals surface area contributed by atoms with Gasteiger partial charge in [0.2, 0.25) is 0 Å². The van der Waals surface area contributed by atoms with E-state index in [0.29, 0.717) is 6.42 Å². The lowest BCUT2D eigenvalue weighted by atomic mass is 9.96. The number of hydrogen-bond acceptors (Lipinski definition) is 5. The summed E-state index contributed by atoms with van der Waals surface area (Å²) in [6, 6.07) is 0. The molecule has 0 N–H and O–H groups in total. The highest BCUT2D eigenvalue weighted by Gasteiger charge is 2.30. The van der Waals surface area contributed by atoms with Crippen LogP contribution in [0.15, 0.2) is 0 Å². The highest BCUT2D eigenvalue weighted by Crippen LogP contribution is 2.14. The van der Waals surface area contributed by atoms with Crippen molar-refractivity contribution in [2.75, 3.05) is 13.2 Å². The van der Waals surface area contributed by atoms with Crippen molar-refractivity contribution in [2.24, 2.45) is 5.92 Å². The second-order valence-corrected chi connectivity index (χ2v) is 4.24. The molecule has 0 radical (unpaired) electrons. The summed E-state index contributed by atoms with van der Waals surface area (Å²) >= 11 is 0. The number of ketones is 1. The van der Waals surface area contributed by atoms with Crippen molar-refractivity contribution in [1.82, 2.24) is 0 Å². The lowest BCUT2D eigenvalue weighted by molar-refractivity contribution is -0.158. The second kappa shape index (κ2) is 10.5. The molecule has 0 aliphatic carbocycles. The SMILES string of the molecule is CCCCCC(=O)C(CC(=O)OCC)C(=O)OCC. The topological polar surface area (TPSA) is 69.7 Å². The number of unbranched alkanes of at least 4 members (excludes halogenated alkanes) is 2. The minimum absolute atomic E-state index is 0.195. The molecule has 5 nitrogen and oxygen atoms in total. The predicted octanol–water partition coefficient (Wildman–Crippen LogP) is 2.27. The van der Waals surface area contributed by atoms with Crippen molar-refractivity contribution >= 4 is 17.7 Å². The molecule has 0 aliphatic heterocycles. The van der Waals surface area contributed by atoms with Crippen molar-refractivity contribution < 1.29 is 23.9 Å². The van der Waals surface area contributed by atoms with E-state index in [1.807, 2.05) is 6.92 Å². The van der Waals surface area contributed by atoms with Crippen LogP contribution >= 0.6 is 0 Å². The molecule has 0 aliphatic rings. The highest BCUT2D eigenvalue weighted by molar-refractivity contribution is 6.01. The first-order chi connectivity index (χ1) is 9.06. The Morgan fingerprint density at radius 2 is 1.58 bits per heavy atom. The van der Waals surface area contributed by atoms with E-state index in [0.717, 1.165) is 19.3 Å². The Morgan fingerprint density at radius 3 is 2.11 bits per heavy atom. The molecule has 0 fully saturated rings. The van der Waals surface area contributed by atoms with Crippen LogP contribution in [0.25, 0.3) is 0 Å². The van der Waals surface area contributed by atoms with E-state index in [-0.39, 0.29) is 25.4 Å². The van der Waals surface area contributed by atoms with Gasteiger partial charge in [0, 0.05) is 6.42 Å². The minimum Gasteiger partial charge on any atom is -0.466 e.